The van der Waals surface area contributed by atoms with Crippen LogP contribution in [0.15, 0.2) is 65.8 Å². The Morgan fingerprint density at radius 3 is 1.13 bits per heavy atom. The smallest absolute Gasteiger partial charge is 0.0482 e. The summed E-state index contributed by atoms with van der Waals surface area (Å²) in [5, 5.41) is 0. The van der Waals surface area contributed by atoms with E-state index in [1.807, 2.05) is 6.07 Å². The van der Waals surface area contributed by atoms with Gasteiger partial charge in [0, 0.05) is 70.4 Å². The normalized spacial score (nSPS) is 11.3. The predicted molar refractivity (Wildman–Crippen MR) is 170 cm³/mol. The molecule has 3 aromatic rings. The Morgan fingerprint density at radius 2 is 0.667 bits per heavy atom. The molecule has 0 saturated carbocycles. The van der Waals surface area contributed by atoms with Gasteiger partial charge in [0.25, 0.3) is 0 Å². The Labute approximate surface area is 274 Å². The third-order valence-corrected chi connectivity index (χ3v) is 18.3. The molecule has 12 heteroatoms. The van der Waals surface area contributed by atoms with Gasteiger partial charge in [-0.15, -0.1) is 0 Å². The predicted octanol–water partition coefficient (Wildman–Crippen LogP) is 14.2. The molecule has 0 bridgehead atoms. The molecule has 158 valence electrons. The van der Waals surface area contributed by atoms with Crippen LogP contribution in [-0.2, 0) is 0 Å². The molecular weight excluding hydrogens is 1180 g/mol. The maximum absolute atomic E-state index is 3.83. The second kappa shape index (κ2) is 11.2. The Morgan fingerprint density at radius 1 is 0.300 bits per heavy atom. The highest BCUT2D eigenvalue weighted by Crippen LogP contribution is 2.57. The van der Waals surface area contributed by atoms with Gasteiger partial charge >= 0.3 is 0 Å². The van der Waals surface area contributed by atoms with Gasteiger partial charge in [-0.3, -0.25) is 0 Å². The standard InChI is InChI=1S/C18H2Br12/c19-4-2-1-3(8(20)9(4)21)5-6(11(23)15(27)14(26)10(5)22)7-12(24)16(28)18(30)17(29)13(7)25/h1-2H. The van der Waals surface area contributed by atoms with Crippen molar-refractivity contribution < 1.29 is 0 Å². The highest BCUT2D eigenvalue weighted by Gasteiger charge is 2.28. The molecule has 0 fully saturated rings. The van der Waals surface area contributed by atoms with Gasteiger partial charge in [-0.25, -0.2) is 0 Å². The number of rotatable bonds is 2. The molecule has 0 atom stereocenters. The van der Waals surface area contributed by atoms with Gasteiger partial charge in [-0.05, 0) is 203 Å². The van der Waals surface area contributed by atoms with Crippen molar-refractivity contribution in [1.29, 1.82) is 0 Å². The van der Waals surface area contributed by atoms with Crippen molar-refractivity contribution in [1.82, 2.24) is 0 Å². The number of benzene rings is 3. The zero-order valence-electron chi connectivity index (χ0n) is 13.7. The summed E-state index contributed by atoms with van der Waals surface area (Å²) in [4.78, 5) is 0. The van der Waals surface area contributed by atoms with E-state index in [9.17, 15) is 0 Å². The first-order valence-corrected chi connectivity index (χ1v) is 16.9. The van der Waals surface area contributed by atoms with E-state index in [-0.39, 0.29) is 0 Å². The van der Waals surface area contributed by atoms with Crippen molar-refractivity contribution in [2.45, 2.75) is 0 Å². The van der Waals surface area contributed by atoms with E-state index in [1.54, 1.807) is 0 Å². The summed E-state index contributed by atoms with van der Waals surface area (Å²) in [5.74, 6) is 0. The van der Waals surface area contributed by atoms with E-state index in [0.717, 1.165) is 75.9 Å². The topological polar surface area (TPSA) is 0 Å². The fourth-order valence-electron chi connectivity index (χ4n) is 2.66. The molecule has 0 unspecified atom stereocenters. The Kier molecular flexibility index (Phi) is 10.5. The lowest BCUT2D eigenvalue weighted by atomic mass is 9.94. The van der Waals surface area contributed by atoms with Gasteiger partial charge in [-0.2, -0.15) is 0 Å². The molecule has 0 spiro atoms. The fraction of sp³-hybridized carbons (Fsp3) is 0. The van der Waals surface area contributed by atoms with E-state index in [1.165, 1.54) is 0 Å². The summed E-state index contributed by atoms with van der Waals surface area (Å²) >= 11 is 44.7. The first-order chi connectivity index (χ1) is 13.9. The average Bonchev–Trinajstić information content (AvgIpc) is 2.72. The summed E-state index contributed by atoms with van der Waals surface area (Å²) in [6.45, 7) is 0. The van der Waals surface area contributed by atoms with Gasteiger partial charge in [0.2, 0.25) is 0 Å². The largest absolute Gasteiger partial charge is 0.0520 e. The number of hydrogen-bond acceptors (Lipinski definition) is 0. The van der Waals surface area contributed by atoms with Gasteiger partial charge < -0.3 is 0 Å². The van der Waals surface area contributed by atoms with E-state index in [2.05, 4.69) is 197 Å². The minimum Gasteiger partial charge on any atom is -0.0520 e. The van der Waals surface area contributed by atoms with Crippen LogP contribution in [0, 0.1) is 0 Å². The van der Waals surface area contributed by atoms with Crippen molar-refractivity contribution in [3.63, 3.8) is 0 Å². The summed E-state index contributed by atoms with van der Waals surface area (Å²) < 4.78 is 11.0. The molecule has 0 aromatic heterocycles. The van der Waals surface area contributed by atoms with E-state index < -0.39 is 0 Å². The van der Waals surface area contributed by atoms with Crippen molar-refractivity contribution in [3.8, 4) is 22.3 Å². The molecule has 0 saturated heterocycles. The second-order valence-electron chi connectivity index (χ2n) is 5.67. The average molecular weight is 1180 g/mol. The SMILES string of the molecule is Brc1ccc(-c2c(Br)c(Br)c(Br)c(Br)c2-c2c(Br)c(Br)c(Br)c(Br)c2Br)c(Br)c1Br. The first kappa shape index (κ1) is 28.0. The quantitative estimate of drug-likeness (QED) is 0.177. The van der Waals surface area contributed by atoms with Crippen LogP contribution in [0.1, 0.15) is 0 Å². The zero-order valence-corrected chi connectivity index (χ0v) is 32.7. The summed E-state index contributed by atoms with van der Waals surface area (Å²) in [6, 6.07) is 4.09. The Balaban J connectivity index is 2.61. The van der Waals surface area contributed by atoms with Crippen LogP contribution in [0.2, 0.25) is 0 Å². The second-order valence-corrected chi connectivity index (χ2v) is 15.3. The van der Waals surface area contributed by atoms with Crippen LogP contribution in [0.3, 0.4) is 0 Å². The molecule has 0 aliphatic rings. The van der Waals surface area contributed by atoms with Crippen molar-refractivity contribution in [2.24, 2.45) is 0 Å². The van der Waals surface area contributed by atoms with Crippen molar-refractivity contribution in [3.05, 3.63) is 65.8 Å². The van der Waals surface area contributed by atoms with Crippen LogP contribution in [0.25, 0.3) is 22.3 Å². The van der Waals surface area contributed by atoms with Crippen LogP contribution in [-0.4, -0.2) is 0 Å². The Bertz CT molecular complexity index is 1190. The molecule has 0 amide bonds. The lowest BCUT2D eigenvalue weighted by molar-refractivity contribution is 1.40. The minimum atomic E-state index is 0.898. The molecule has 0 N–H and O–H groups in total. The maximum atomic E-state index is 3.83. The summed E-state index contributed by atoms with van der Waals surface area (Å²) in [6.07, 6.45) is 0. The third kappa shape index (κ3) is 4.98. The minimum absolute atomic E-state index is 0.898. The van der Waals surface area contributed by atoms with Gasteiger partial charge in [0.1, 0.15) is 0 Å². The molecule has 0 radical (unpaired) electrons. The molecule has 3 aromatic carbocycles. The molecule has 0 aliphatic carbocycles. The van der Waals surface area contributed by atoms with Crippen LogP contribution < -0.4 is 0 Å². The molecule has 3 rings (SSSR count). The van der Waals surface area contributed by atoms with Gasteiger partial charge in [0.15, 0.2) is 0 Å². The molecular formula is C18H2Br12. The molecule has 0 aliphatic heterocycles. The molecule has 0 heterocycles. The van der Waals surface area contributed by atoms with Crippen LogP contribution in [0.4, 0.5) is 0 Å². The van der Waals surface area contributed by atoms with Crippen molar-refractivity contribution in [2.75, 3.05) is 0 Å². The summed E-state index contributed by atoms with van der Waals surface area (Å²) in [5.41, 5.74) is 3.97. The third-order valence-electron chi connectivity index (χ3n) is 4.03. The molecule has 30 heavy (non-hydrogen) atoms. The highest BCUT2D eigenvalue weighted by atomic mass is 79.9. The monoisotopic (exact) mass is 1170 g/mol. The number of hydrogen-bond donors (Lipinski definition) is 0. The zero-order chi connectivity index (χ0) is 22.7. The van der Waals surface area contributed by atoms with E-state index in [4.69, 9.17) is 0 Å². The van der Waals surface area contributed by atoms with Crippen molar-refractivity contribution >= 4 is 191 Å². The Hall–Kier alpha value is 3.42. The first-order valence-electron chi connectivity index (χ1n) is 7.43. The van der Waals surface area contributed by atoms with Gasteiger partial charge in [0.05, 0.1) is 0 Å². The maximum Gasteiger partial charge on any atom is 0.0482 e. The highest BCUT2D eigenvalue weighted by molar-refractivity contribution is 9.16. The fourth-order valence-corrected chi connectivity index (χ4v) is 10.1. The van der Waals surface area contributed by atoms with E-state index in [0.29, 0.717) is 0 Å². The lowest BCUT2D eigenvalue weighted by Crippen LogP contribution is -1.97. The van der Waals surface area contributed by atoms with Crippen LogP contribution >= 0.6 is 191 Å². The number of halogens is 12. The molecule has 0 nitrogen and oxygen atoms in total. The van der Waals surface area contributed by atoms with E-state index >= 15 is 0 Å². The summed E-state index contributed by atoms with van der Waals surface area (Å²) in [7, 11) is 0. The van der Waals surface area contributed by atoms with Crippen LogP contribution in [0.5, 0.6) is 0 Å². The van der Waals surface area contributed by atoms with Gasteiger partial charge in [-0.1, -0.05) is 6.07 Å². The lowest BCUT2D eigenvalue weighted by Gasteiger charge is -2.23.